The van der Waals surface area contributed by atoms with Crippen LogP contribution in [0.1, 0.15) is 38.3 Å². The number of rotatable bonds is 11. The monoisotopic (exact) mass is 304 g/mol. The van der Waals surface area contributed by atoms with Crippen LogP contribution in [0.15, 0.2) is 37.1 Å². The largest absolute Gasteiger partial charge is 0.498 e. The Labute approximate surface area is 134 Å². The highest BCUT2D eigenvalue weighted by Gasteiger charge is 1.98. The van der Waals surface area contributed by atoms with Gasteiger partial charge >= 0.3 is 0 Å². The third-order valence-electron chi connectivity index (χ3n) is 3.16. The minimum atomic E-state index is 0.551. The van der Waals surface area contributed by atoms with Gasteiger partial charge in [-0.1, -0.05) is 43.3 Å². The van der Waals surface area contributed by atoms with Crippen LogP contribution in [0.3, 0.4) is 0 Å². The van der Waals surface area contributed by atoms with Crippen molar-refractivity contribution in [1.82, 2.24) is 0 Å². The molecule has 0 unspecified atom stereocenters. The molecule has 1 rings (SSSR count). The van der Waals surface area contributed by atoms with Crippen LogP contribution in [0.2, 0.25) is 0 Å². The second kappa shape index (κ2) is 11.0. The van der Waals surface area contributed by atoms with E-state index < -0.39 is 0 Å². The van der Waals surface area contributed by atoms with Crippen molar-refractivity contribution < 1.29 is 14.2 Å². The van der Waals surface area contributed by atoms with Crippen LogP contribution in [-0.4, -0.2) is 33.0 Å². The maximum atomic E-state index is 5.51. The summed E-state index contributed by atoms with van der Waals surface area (Å²) >= 11 is 0. The first-order valence-corrected chi connectivity index (χ1v) is 7.85. The lowest BCUT2D eigenvalue weighted by Gasteiger charge is -2.07. The molecule has 3 heteroatoms. The van der Waals surface area contributed by atoms with E-state index >= 15 is 0 Å². The molecule has 0 atom stereocenters. The fourth-order valence-electron chi connectivity index (χ4n) is 1.84. The van der Waals surface area contributed by atoms with Crippen molar-refractivity contribution >= 4 is 11.1 Å². The van der Waals surface area contributed by atoms with Crippen molar-refractivity contribution in [3.8, 4) is 0 Å². The molecule has 0 aliphatic carbocycles. The summed E-state index contributed by atoms with van der Waals surface area (Å²) in [5.41, 5.74) is 4.49. The summed E-state index contributed by atoms with van der Waals surface area (Å²) in [5.74, 6) is 0. The Kier molecular flexibility index (Phi) is 9.28. The summed E-state index contributed by atoms with van der Waals surface area (Å²) in [4.78, 5) is 0. The van der Waals surface area contributed by atoms with Gasteiger partial charge in [-0.2, -0.15) is 0 Å². The Morgan fingerprint density at radius 1 is 0.909 bits per heavy atom. The molecule has 0 aromatic heterocycles. The molecule has 0 aliphatic rings. The van der Waals surface area contributed by atoms with Gasteiger partial charge in [0.1, 0.15) is 6.61 Å². The van der Waals surface area contributed by atoms with Crippen LogP contribution in [-0.2, 0) is 14.2 Å². The first-order chi connectivity index (χ1) is 10.6. The summed E-state index contributed by atoms with van der Waals surface area (Å²) in [6.07, 6.45) is 2.83. The molecular formula is C19H28O3. The third kappa shape index (κ3) is 7.43. The van der Waals surface area contributed by atoms with Gasteiger partial charge in [-0.15, -0.1) is 0 Å². The number of hydrogen-bond acceptors (Lipinski definition) is 3. The summed E-state index contributed by atoms with van der Waals surface area (Å²) in [6.45, 7) is 13.3. The molecular weight excluding hydrogens is 276 g/mol. The maximum absolute atomic E-state index is 5.51. The molecule has 1 aromatic rings. The Balaban J connectivity index is 2.21. The highest BCUT2D eigenvalue weighted by molar-refractivity contribution is 5.67. The van der Waals surface area contributed by atoms with Crippen molar-refractivity contribution in [3.63, 3.8) is 0 Å². The topological polar surface area (TPSA) is 27.7 Å². The quantitative estimate of drug-likeness (QED) is 0.444. The Bertz CT molecular complexity index is 460. The lowest BCUT2D eigenvalue weighted by Crippen LogP contribution is -2.08. The average Bonchev–Trinajstić information content (AvgIpc) is 2.53. The summed E-state index contributed by atoms with van der Waals surface area (Å²) < 4.78 is 16.3. The van der Waals surface area contributed by atoms with Crippen LogP contribution < -0.4 is 0 Å². The SMILES string of the molecule is C=C(C)c1ccc(/C(C)=C/OCCOCCOCCC)cc1. The van der Waals surface area contributed by atoms with E-state index in [0.29, 0.717) is 26.4 Å². The normalized spacial score (nSPS) is 11.5. The standard InChI is InChI=1S/C19H28O3/c1-5-10-20-11-12-21-13-14-22-15-17(4)19-8-6-18(7-9-19)16(2)3/h6-9,15H,2,5,10-14H2,1,3-4H3/b17-15+. The lowest BCUT2D eigenvalue weighted by molar-refractivity contribution is 0.0309. The van der Waals surface area contributed by atoms with Gasteiger partial charge in [0.25, 0.3) is 0 Å². The number of ether oxygens (including phenoxy) is 3. The second-order valence-corrected chi connectivity index (χ2v) is 5.25. The molecule has 0 saturated heterocycles. The van der Waals surface area contributed by atoms with E-state index in [2.05, 4.69) is 37.8 Å². The van der Waals surface area contributed by atoms with Gasteiger partial charge in [0.15, 0.2) is 0 Å². The highest BCUT2D eigenvalue weighted by atomic mass is 16.5. The van der Waals surface area contributed by atoms with Gasteiger partial charge < -0.3 is 14.2 Å². The zero-order chi connectivity index (χ0) is 16.2. The van der Waals surface area contributed by atoms with Gasteiger partial charge in [-0.05, 0) is 37.0 Å². The minimum Gasteiger partial charge on any atom is -0.498 e. The first kappa shape index (κ1) is 18.5. The first-order valence-electron chi connectivity index (χ1n) is 7.85. The van der Waals surface area contributed by atoms with Gasteiger partial charge in [0, 0.05) is 6.61 Å². The van der Waals surface area contributed by atoms with Crippen LogP contribution in [0.25, 0.3) is 11.1 Å². The summed E-state index contributed by atoms with van der Waals surface area (Å²) in [5, 5.41) is 0. The average molecular weight is 304 g/mol. The molecule has 122 valence electrons. The van der Waals surface area contributed by atoms with Crippen LogP contribution in [0, 0.1) is 0 Å². The molecule has 0 spiro atoms. The molecule has 0 saturated carbocycles. The minimum absolute atomic E-state index is 0.551. The van der Waals surface area contributed by atoms with Crippen molar-refractivity contribution in [2.75, 3.05) is 33.0 Å². The molecule has 1 aromatic carbocycles. The van der Waals surface area contributed by atoms with Crippen LogP contribution in [0.4, 0.5) is 0 Å². The molecule has 0 aliphatic heterocycles. The third-order valence-corrected chi connectivity index (χ3v) is 3.16. The zero-order valence-electron chi connectivity index (χ0n) is 14.1. The predicted octanol–water partition coefficient (Wildman–Crippen LogP) is 4.54. The zero-order valence-corrected chi connectivity index (χ0v) is 14.1. The van der Waals surface area contributed by atoms with E-state index in [4.69, 9.17) is 14.2 Å². The van der Waals surface area contributed by atoms with Gasteiger partial charge in [0.05, 0.1) is 26.1 Å². The molecule has 0 amide bonds. The van der Waals surface area contributed by atoms with E-state index in [1.165, 1.54) is 0 Å². The molecule has 22 heavy (non-hydrogen) atoms. The van der Waals surface area contributed by atoms with Crippen molar-refractivity contribution in [2.45, 2.75) is 27.2 Å². The Morgan fingerprint density at radius 2 is 1.45 bits per heavy atom. The van der Waals surface area contributed by atoms with Crippen LogP contribution >= 0.6 is 0 Å². The smallest absolute Gasteiger partial charge is 0.111 e. The fourth-order valence-corrected chi connectivity index (χ4v) is 1.84. The molecule has 0 heterocycles. The molecule has 0 fully saturated rings. The van der Waals surface area contributed by atoms with E-state index in [9.17, 15) is 0 Å². The Morgan fingerprint density at radius 3 is 2.05 bits per heavy atom. The van der Waals surface area contributed by atoms with Gasteiger partial charge in [-0.3, -0.25) is 0 Å². The number of hydrogen-bond donors (Lipinski definition) is 0. The van der Waals surface area contributed by atoms with Crippen molar-refractivity contribution in [2.24, 2.45) is 0 Å². The molecule has 3 nitrogen and oxygen atoms in total. The highest BCUT2D eigenvalue weighted by Crippen LogP contribution is 2.17. The summed E-state index contributed by atoms with van der Waals surface area (Å²) in [7, 11) is 0. The maximum Gasteiger partial charge on any atom is 0.111 e. The Hall–Kier alpha value is -1.58. The molecule has 0 N–H and O–H groups in total. The molecule has 0 bridgehead atoms. The predicted molar refractivity (Wildman–Crippen MR) is 92.7 cm³/mol. The second-order valence-electron chi connectivity index (χ2n) is 5.25. The van der Waals surface area contributed by atoms with Crippen molar-refractivity contribution in [1.29, 1.82) is 0 Å². The van der Waals surface area contributed by atoms with E-state index in [1.54, 1.807) is 6.26 Å². The van der Waals surface area contributed by atoms with Crippen molar-refractivity contribution in [3.05, 3.63) is 48.2 Å². The molecule has 0 radical (unpaired) electrons. The lowest BCUT2D eigenvalue weighted by atomic mass is 10.0. The fraction of sp³-hybridized carbons (Fsp3) is 0.474. The van der Waals surface area contributed by atoms with Crippen LogP contribution in [0.5, 0.6) is 0 Å². The van der Waals surface area contributed by atoms with Gasteiger partial charge in [0.2, 0.25) is 0 Å². The van der Waals surface area contributed by atoms with E-state index in [0.717, 1.165) is 35.3 Å². The number of benzene rings is 1. The van der Waals surface area contributed by atoms with E-state index in [-0.39, 0.29) is 0 Å². The van der Waals surface area contributed by atoms with E-state index in [1.807, 2.05) is 13.8 Å². The van der Waals surface area contributed by atoms with Gasteiger partial charge in [-0.25, -0.2) is 0 Å². The number of allylic oxidation sites excluding steroid dienone is 2. The summed E-state index contributed by atoms with van der Waals surface area (Å²) in [6, 6.07) is 8.32.